The predicted molar refractivity (Wildman–Crippen MR) is 89.6 cm³/mol. The number of aromatic nitrogens is 4. The van der Waals surface area contributed by atoms with Crippen molar-refractivity contribution < 1.29 is 0 Å². The van der Waals surface area contributed by atoms with E-state index in [1.54, 1.807) is 0 Å². The summed E-state index contributed by atoms with van der Waals surface area (Å²) in [6.07, 6.45) is 0. The highest BCUT2D eigenvalue weighted by Crippen LogP contribution is 2.33. The fourth-order valence-electron chi connectivity index (χ4n) is 2.45. The molecule has 0 saturated carbocycles. The average molecular weight is 388 g/mol. The van der Waals surface area contributed by atoms with Gasteiger partial charge in [0.2, 0.25) is 0 Å². The molecule has 0 spiro atoms. The first kappa shape index (κ1) is 14.9. The molecule has 4 nitrogen and oxygen atoms in total. The first-order chi connectivity index (χ1) is 9.90. The van der Waals surface area contributed by atoms with Gasteiger partial charge >= 0.3 is 0 Å². The lowest BCUT2D eigenvalue weighted by Gasteiger charge is -2.13. The molecular weight excluding hydrogens is 375 g/mol. The Morgan fingerprint density at radius 3 is 2.71 bits per heavy atom. The van der Waals surface area contributed by atoms with Crippen LogP contribution in [-0.2, 0) is 7.05 Å². The number of halogens is 3. The smallest absolute Gasteiger partial charge is 0.163 e. The molecule has 7 heteroatoms. The Morgan fingerprint density at radius 1 is 1.33 bits per heavy atom. The van der Waals surface area contributed by atoms with E-state index in [0.717, 1.165) is 32.8 Å². The number of imidazole rings is 1. The van der Waals surface area contributed by atoms with Crippen LogP contribution in [0.3, 0.4) is 0 Å². The van der Waals surface area contributed by atoms with Crippen molar-refractivity contribution in [3.63, 3.8) is 0 Å². The van der Waals surface area contributed by atoms with Gasteiger partial charge in [0, 0.05) is 16.5 Å². The molecule has 1 atom stereocenters. The molecule has 21 heavy (non-hydrogen) atoms. The first-order valence-corrected chi connectivity index (χ1v) is 8.02. The van der Waals surface area contributed by atoms with Gasteiger partial charge in [-0.15, -0.1) is 11.6 Å². The maximum absolute atomic E-state index is 6.32. The minimum absolute atomic E-state index is 0.234. The summed E-state index contributed by atoms with van der Waals surface area (Å²) in [6, 6.07) is 5.63. The molecule has 2 heterocycles. The highest BCUT2D eigenvalue weighted by atomic mass is 79.9. The topological polar surface area (TPSA) is 35.6 Å². The molecule has 0 aliphatic rings. The van der Waals surface area contributed by atoms with E-state index in [1.165, 1.54) is 0 Å². The van der Waals surface area contributed by atoms with Crippen LogP contribution >= 0.6 is 39.1 Å². The first-order valence-electron chi connectivity index (χ1n) is 6.41. The molecule has 3 aromatic rings. The van der Waals surface area contributed by atoms with E-state index in [0.29, 0.717) is 5.02 Å². The molecule has 1 unspecified atom stereocenters. The summed E-state index contributed by atoms with van der Waals surface area (Å²) in [4.78, 5) is 4.66. The average Bonchev–Trinajstić information content (AvgIpc) is 2.92. The van der Waals surface area contributed by atoms with Gasteiger partial charge in [-0.2, -0.15) is 5.10 Å². The van der Waals surface area contributed by atoms with Crippen LogP contribution in [0.2, 0.25) is 5.02 Å². The second-order valence-electron chi connectivity index (χ2n) is 4.90. The second-order valence-corrected chi connectivity index (χ2v) is 6.84. The lowest BCUT2D eigenvalue weighted by atomic mass is 10.3. The van der Waals surface area contributed by atoms with Gasteiger partial charge in [-0.05, 0) is 48.0 Å². The standard InChI is InChI=1S/C14H13BrCl2N4/c1-7(16)13-18-12-8(2)19-20(3)14(12)21(13)11-6-9(17)4-5-10(11)15/h4-7H,1-3H3. The number of alkyl halides is 1. The Balaban J connectivity index is 2.44. The third-order valence-corrected chi connectivity index (χ3v) is 4.43. The molecule has 0 radical (unpaired) electrons. The minimum Gasteiger partial charge on any atom is -0.278 e. The number of benzene rings is 1. The number of nitrogens with zero attached hydrogens (tertiary/aromatic N) is 4. The highest BCUT2D eigenvalue weighted by Gasteiger charge is 2.22. The molecule has 2 aromatic heterocycles. The maximum atomic E-state index is 6.32. The van der Waals surface area contributed by atoms with Crippen molar-refractivity contribution in [1.29, 1.82) is 0 Å². The number of rotatable bonds is 2. The van der Waals surface area contributed by atoms with Gasteiger partial charge in [0.25, 0.3) is 0 Å². The van der Waals surface area contributed by atoms with Crippen LogP contribution in [0, 0.1) is 6.92 Å². The zero-order chi connectivity index (χ0) is 15.3. The van der Waals surface area contributed by atoms with Gasteiger partial charge in [-0.25, -0.2) is 9.67 Å². The number of fused-ring (bicyclic) bond motifs is 1. The van der Waals surface area contributed by atoms with Crippen LogP contribution in [0.15, 0.2) is 22.7 Å². The Morgan fingerprint density at radius 2 is 2.05 bits per heavy atom. The number of hydrogen-bond donors (Lipinski definition) is 0. The van der Waals surface area contributed by atoms with E-state index in [-0.39, 0.29) is 5.38 Å². The van der Waals surface area contributed by atoms with E-state index in [9.17, 15) is 0 Å². The van der Waals surface area contributed by atoms with Crippen LogP contribution in [-0.4, -0.2) is 19.3 Å². The lowest BCUT2D eigenvalue weighted by Crippen LogP contribution is -2.06. The Labute approximate surface area is 140 Å². The highest BCUT2D eigenvalue weighted by molar-refractivity contribution is 9.10. The van der Waals surface area contributed by atoms with E-state index in [4.69, 9.17) is 23.2 Å². The Bertz CT molecular complexity index is 835. The zero-order valence-corrected chi connectivity index (χ0v) is 14.8. The van der Waals surface area contributed by atoms with E-state index in [2.05, 4.69) is 26.0 Å². The molecule has 0 N–H and O–H groups in total. The van der Waals surface area contributed by atoms with Crippen molar-refractivity contribution >= 4 is 50.3 Å². The Kier molecular flexibility index (Phi) is 3.76. The van der Waals surface area contributed by atoms with E-state index < -0.39 is 0 Å². The second kappa shape index (κ2) is 5.30. The molecule has 0 saturated heterocycles. The predicted octanol–water partition coefficient (Wildman–Crippen LogP) is 4.78. The summed E-state index contributed by atoms with van der Waals surface area (Å²) in [5.74, 6) is 0.769. The molecular formula is C14H13BrCl2N4. The zero-order valence-electron chi connectivity index (χ0n) is 11.7. The lowest BCUT2D eigenvalue weighted by molar-refractivity contribution is 0.747. The third-order valence-electron chi connectivity index (χ3n) is 3.33. The van der Waals surface area contributed by atoms with Crippen LogP contribution in [0.25, 0.3) is 16.9 Å². The fraction of sp³-hybridized carbons (Fsp3) is 0.286. The van der Waals surface area contributed by atoms with Crippen LogP contribution in [0.5, 0.6) is 0 Å². The van der Waals surface area contributed by atoms with Gasteiger partial charge in [0.15, 0.2) is 5.65 Å². The molecule has 0 aliphatic carbocycles. The minimum atomic E-state index is -0.234. The van der Waals surface area contributed by atoms with E-state index in [1.807, 2.05) is 48.3 Å². The maximum Gasteiger partial charge on any atom is 0.163 e. The van der Waals surface area contributed by atoms with Gasteiger partial charge in [-0.3, -0.25) is 4.57 Å². The molecule has 0 fully saturated rings. The summed E-state index contributed by atoms with van der Waals surface area (Å²) in [7, 11) is 1.90. The fourth-order valence-corrected chi connectivity index (χ4v) is 3.19. The summed E-state index contributed by atoms with van der Waals surface area (Å²) >= 11 is 16.0. The number of aryl methyl sites for hydroxylation is 2. The van der Waals surface area contributed by atoms with Crippen molar-refractivity contribution in [2.24, 2.45) is 7.05 Å². The normalized spacial score (nSPS) is 13.0. The van der Waals surface area contributed by atoms with Gasteiger partial charge in [0.1, 0.15) is 11.3 Å². The molecule has 1 aromatic carbocycles. The Hall–Kier alpha value is -1.04. The number of hydrogen-bond acceptors (Lipinski definition) is 2. The van der Waals surface area contributed by atoms with E-state index >= 15 is 0 Å². The van der Waals surface area contributed by atoms with Crippen molar-refractivity contribution in [3.8, 4) is 5.69 Å². The molecule has 110 valence electrons. The molecule has 0 bridgehead atoms. The van der Waals surface area contributed by atoms with Crippen molar-refractivity contribution in [1.82, 2.24) is 19.3 Å². The van der Waals surface area contributed by atoms with Crippen molar-refractivity contribution in [3.05, 3.63) is 39.2 Å². The monoisotopic (exact) mass is 386 g/mol. The summed E-state index contributed by atoms with van der Waals surface area (Å²) < 4.78 is 4.74. The van der Waals surface area contributed by atoms with Gasteiger partial charge in [0.05, 0.1) is 16.8 Å². The van der Waals surface area contributed by atoms with Gasteiger partial charge in [-0.1, -0.05) is 11.6 Å². The molecule has 0 amide bonds. The summed E-state index contributed by atoms with van der Waals surface area (Å²) in [5.41, 5.74) is 3.53. The van der Waals surface area contributed by atoms with Crippen LogP contribution in [0.4, 0.5) is 0 Å². The SMILES string of the molecule is Cc1nn(C)c2c1nc(C(C)Cl)n2-c1cc(Cl)ccc1Br. The summed E-state index contributed by atoms with van der Waals surface area (Å²) in [6.45, 7) is 3.84. The third kappa shape index (κ3) is 2.37. The molecule has 0 aliphatic heterocycles. The quantitative estimate of drug-likeness (QED) is 0.593. The van der Waals surface area contributed by atoms with Crippen LogP contribution in [0.1, 0.15) is 23.8 Å². The van der Waals surface area contributed by atoms with Crippen LogP contribution < -0.4 is 0 Å². The largest absolute Gasteiger partial charge is 0.278 e. The van der Waals surface area contributed by atoms with Crippen molar-refractivity contribution in [2.45, 2.75) is 19.2 Å². The summed E-state index contributed by atoms with van der Waals surface area (Å²) in [5, 5.41) is 4.85. The van der Waals surface area contributed by atoms with Crippen molar-refractivity contribution in [2.75, 3.05) is 0 Å². The molecule has 3 rings (SSSR count). The van der Waals surface area contributed by atoms with Gasteiger partial charge < -0.3 is 0 Å².